The van der Waals surface area contributed by atoms with Crippen LogP contribution in [0.5, 0.6) is 0 Å². The molecule has 0 unspecified atom stereocenters. The first-order chi connectivity index (χ1) is 11.0. The third kappa shape index (κ3) is 4.66. The first-order valence-electron chi connectivity index (χ1n) is 6.77. The lowest BCUT2D eigenvalue weighted by atomic mass is 10.2. The summed E-state index contributed by atoms with van der Waals surface area (Å²) in [5.74, 6) is -1.04. The van der Waals surface area contributed by atoms with Gasteiger partial charge in [-0.1, -0.05) is 22.0 Å². The maximum absolute atomic E-state index is 12.1. The fraction of sp³-hybridized carbons (Fsp3) is 0.118. The number of hydrogen-bond acceptors (Lipinski definition) is 4. The summed E-state index contributed by atoms with van der Waals surface area (Å²) in [4.78, 5) is 24.0. The first-order valence-corrected chi connectivity index (χ1v) is 7.56. The van der Waals surface area contributed by atoms with Gasteiger partial charge in [0.25, 0.3) is 5.91 Å². The van der Waals surface area contributed by atoms with E-state index in [1.54, 1.807) is 48.5 Å². The van der Waals surface area contributed by atoms with Gasteiger partial charge in [0, 0.05) is 10.2 Å². The molecule has 2 aromatic rings. The fourth-order valence-electron chi connectivity index (χ4n) is 1.78. The molecule has 0 aliphatic heterocycles. The summed E-state index contributed by atoms with van der Waals surface area (Å²) in [6, 6.07) is 15.1. The van der Waals surface area contributed by atoms with Gasteiger partial charge in [0.15, 0.2) is 6.10 Å². The number of carbonyl (C=O) groups excluding carboxylic acids is 2. The Hall–Kier alpha value is -2.65. The molecule has 0 heterocycles. The molecule has 0 aliphatic rings. The highest BCUT2D eigenvalue weighted by atomic mass is 79.9. The van der Waals surface area contributed by atoms with Crippen molar-refractivity contribution >= 4 is 33.5 Å². The number of nitriles is 1. The molecule has 1 amide bonds. The smallest absolute Gasteiger partial charge is 0.338 e. The zero-order valence-electron chi connectivity index (χ0n) is 12.2. The lowest BCUT2D eigenvalue weighted by molar-refractivity contribution is -0.123. The molecule has 23 heavy (non-hydrogen) atoms. The molecule has 0 fully saturated rings. The molecule has 1 atom stereocenters. The van der Waals surface area contributed by atoms with E-state index in [1.807, 2.05) is 6.07 Å². The van der Waals surface area contributed by atoms with Crippen molar-refractivity contribution in [1.82, 2.24) is 0 Å². The van der Waals surface area contributed by atoms with Gasteiger partial charge in [-0.15, -0.1) is 0 Å². The maximum atomic E-state index is 12.1. The average molecular weight is 373 g/mol. The molecule has 0 saturated heterocycles. The Morgan fingerprint density at radius 2 is 1.91 bits per heavy atom. The molecule has 0 radical (unpaired) electrons. The predicted molar refractivity (Wildman–Crippen MR) is 88.8 cm³/mol. The number of esters is 1. The van der Waals surface area contributed by atoms with Gasteiger partial charge in [-0.05, 0) is 49.4 Å². The van der Waals surface area contributed by atoms with Crippen LogP contribution in [0.15, 0.2) is 53.0 Å². The third-order valence-corrected chi connectivity index (χ3v) is 3.52. The lowest BCUT2D eigenvalue weighted by Crippen LogP contribution is -2.30. The van der Waals surface area contributed by atoms with E-state index in [-0.39, 0.29) is 0 Å². The van der Waals surface area contributed by atoms with E-state index in [9.17, 15) is 9.59 Å². The van der Waals surface area contributed by atoms with E-state index in [0.717, 1.165) is 4.47 Å². The summed E-state index contributed by atoms with van der Waals surface area (Å²) in [6.45, 7) is 1.49. The van der Waals surface area contributed by atoms with Gasteiger partial charge in [0.2, 0.25) is 0 Å². The van der Waals surface area contributed by atoms with Crippen molar-refractivity contribution in [2.45, 2.75) is 13.0 Å². The third-order valence-electron chi connectivity index (χ3n) is 2.99. The van der Waals surface area contributed by atoms with Crippen molar-refractivity contribution in [2.75, 3.05) is 5.32 Å². The van der Waals surface area contributed by atoms with Gasteiger partial charge < -0.3 is 10.1 Å². The van der Waals surface area contributed by atoms with Crippen molar-refractivity contribution in [3.63, 3.8) is 0 Å². The summed E-state index contributed by atoms with van der Waals surface area (Å²) < 4.78 is 5.98. The molecule has 0 spiro atoms. The molecular formula is C17H13BrN2O3. The molecule has 2 aromatic carbocycles. The second kappa shape index (κ2) is 7.56. The van der Waals surface area contributed by atoms with Crippen LogP contribution in [-0.2, 0) is 9.53 Å². The molecule has 0 aromatic heterocycles. The lowest BCUT2D eigenvalue weighted by Gasteiger charge is -2.13. The molecule has 2 rings (SSSR count). The van der Waals surface area contributed by atoms with Crippen LogP contribution >= 0.6 is 15.9 Å². The summed E-state index contributed by atoms with van der Waals surface area (Å²) in [5.41, 5.74) is 1.27. The predicted octanol–water partition coefficient (Wildman–Crippen LogP) is 3.50. The minimum atomic E-state index is -0.961. The number of nitrogens with zero attached hydrogens (tertiary/aromatic N) is 1. The Morgan fingerprint density at radius 1 is 1.22 bits per heavy atom. The zero-order chi connectivity index (χ0) is 16.8. The monoisotopic (exact) mass is 372 g/mol. The number of rotatable bonds is 4. The summed E-state index contributed by atoms with van der Waals surface area (Å²) in [6.07, 6.45) is -0.961. The second-order valence-electron chi connectivity index (χ2n) is 4.74. The maximum Gasteiger partial charge on any atom is 0.338 e. The van der Waals surface area contributed by atoms with Crippen LogP contribution in [0, 0.1) is 11.3 Å². The molecule has 5 nitrogen and oxygen atoms in total. The summed E-state index contributed by atoms with van der Waals surface area (Å²) in [5, 5.41) is 11.4. The van der Waals surface area contributed by atoms with Crippen molar-refractivity contribution in [1.29, 1.82) is 5.26 Å². The van der Waals surface area contributed by atoms with Gasteiger partial charge in [-0.2, -0.15) is 5.26 Å². The van der Waals surface area contributed by atoms with E-state index in [4.69, 9.17) is 10.00 Å². The number of ether oxygens (including phenoxy) is 1. The fourth-order valence-corrected chi connectivity index (χ4v) is 2.04. The van der Waals surface area contributed by atoms with E-state index in [0.29, 0.717) is 16.8 Å². The van der Waals surface area contributed by atoms with Crippen LogP contribution in [-0.4, -0.2) is 18.0 Å². The standard InChI is InChI=1S/C17H13BrN2O3/c1-11(23-17(22)13-5-7-14(18)8-6-13)16(21)20-15-4-2-3-12(9-15)10-19/h2-9,11H,1H3,(H,20,21)/t11-/m0/s1. The minimum absolute atomic E-state index is 0.360. The van der Waals surface area contributed by atoms with Crippen molar-refractivity contribution in [2.24, 2.45) is 0 Å². The number of hydrogen-bond donors (Lipinski definition) is 1. The first kappa shape index (κ1) is 16.7. The van der Waals surface area contributed by atoms with Crippen LogP contribution in [0.1, 0.15) is 22.8 Å². The van der Waals surface area contributed by atoms with E-state index in [2.05, 4.69) is 21.2 Å². The Balaban J connectivity index is 1.98. The van der Waals surface area contributed by atoms with E-state index >= 15 is 0 Å². The minimum Gasteiger partial charge on any atom is -0.449 e. The van der Waals surface area contributed by atoms with Crippen LogP contribution in [0.4, 0.5) is 5.69 Å². The second-order valence-corrected chi connectivity index (χ2v) is 5.65. The molecule has 116 valence electrons. The van der Waals surface area contributed by atoms with Crippen LogP contribution in [0.3, 0.4) is 0 Å². The number of halogens is 1. The quantitative estimate of drug-likeness (QED) is 0.832. The van der Waals surface area contributed by atoms with Gasteiger partial charge in [0.1, 0.15) is 0 Å². The molecule has 6 heteroatoms. The Bertz CT molecular complexity index is 766. The number of nitrogens with one attached hydrogen (secondary N) is 1. The molecule has 1 N–H and O–H groups in total. The molecule has 0 saturated carbocycles. The van der Waals surface area contributed by atoms with E-state index in [1.165, 1.54) is 6.92 Å². The highest BCUT2D eigenvalue weighted by Crippen LogP contribution is 2.13. The van der Waals surface area contributed by atoms with Crippen molar-refractivity contribution < 1.29 is 14.3 Å². The zero-order valence-corrected chi connectivity index (χ0v) is 13.8. The highest BCUT2D eigenvalue weighted by molar-refractivity contribution is 9.10. The van der Waals surface area contributed by atoms with Crippen molar-refractivity contribution in [3.05, 3.63) is 64.1 Å². The largest absolute Gasteiger partial charge is 0.449 e. The van der Waals surface area contributed by atoms with Gasteiger partial charge in [-0.25, -0.2) is 4.79 Å². The average Bonchev–Trinajstić information content (AvgIpc) is 2.55. The number of benzene rings is 2. The van der Waals surface area contributed by atoms with Crippen LogP contribution in [0.25, 0.3) is 0 Å². The van der Waals surface area contributed by atoms with Crippen LogP contribution < -0.4 is 5.32 Å². The van der Waals surface area contributed by atoms with Crippen molar-refractivity contribution in [3.8, 4) is 6.07 Å². The molecule has 0 aliphatic carbocycles. The molecule has 0 bridgehead atoms. The van der Waals surface area contributed by atoms with Gasteiger partial charge >= 0.3 is 5.97 Å². The number of anilines is 1. The normalized spacial score (nSPS) is 11.2. The van der Waals surface area contributed by atoms with Crippen LogP contribution in [0.2, 0.25) is 0 Å². The summed E-state index contributed by atoms with van der Waals surface area (Å²) >= 11 is 3.28. The Labute approximate surface area is 142 Å². The highest BCUT2D eigenvalue weighted by Gasteiger charge is 2.19. The van der Waals surface area contributed by atoms with Gasteiger partial charge in [0.05, 0.1) is 17.2 Å². The van der Waals surface area contributed by atoms with Gasteiger partial charge in [-0.3, -0.25) is 4.79 Å². The van der Waals surface area contributed by atoms with E-state index < -0.39 is 18.0 Å². The number of carbonyl (C=O) groups is 2. The molecular weight excluding hydrogens is 360 g/mol. The SMILES string of the molecule is C[C@H](OC(=O)c1ccc(Br)cc1)C(=O)Nc1cccc(C#N)c1. The summed E-state index contributed by atoms with van der Waals surface area (Å²) in [7, 11) is 0. The topological polar surface area (TPSA) is 79.2 Å². The Kier molecular flexibility index (Phi) is 5.50. The Morgan fingerprint density at radius 3 is 2.57 bits per heavy atom. The number of amides is 1.